The molecule has 1 unspecified atom stereocenters. The first-order valence-corrected chi connectivity index (χ1v) is 5.70. The molecule has 0 fully saturated rings. The van der Waals surface area contributed by atoms with Crippen molar-refractivity contribution in [2.45, 2.75) is 13.0 Å². The molecule has 1 atom stereocenters. The number of hydrogen-bond acceptors (Lipinski definition) is 1. The van der Waals surface area contributed by atoms with Crippen LogP contribution in [-0.4, -0.2) is 0 Å². The largest absolute Gasteiger partial charge is 0.379 e. The SMILES string of the molecule is CC(Nc1ccccc1)c1ccc(Cl)cc1. The predicted octanol–water partition coefficient (Wildman–Crippen LogP) is 4.51. The fourth-order valence-corrected chi connectivity index (χ4v) is 1.75. The molecule has 0 saturated carbocycles. The fourth-order valence-electron chi connectivity index (χ4n) is 1.62. The molecule has 0 aliphatic carbocycles. The van der Waals surface area contributed by atoms with Crippen LogP contribution in [0.3, 0.4) is 0 Å². The van der Waals surface area contributed by atoms with Crippen LogP contribution < -0.4 is 5.32 Å². The predicted molar refractivity (Wildman–Crippen MR) is 69.9 cm³/mol. The maximum absolute atomic E-state index is 5.86. The van der Waals surface area contributed by atoms with Crippen LogP contribution in [-0.2, 0) is 0 Å². The van der Waals surface area contributed by atoms with E-state index in [4.69, 9.17) is 11.6 Å². The molecule has 0 spiro atoms. The Kier molecular flexibility index (Phi) is 3.47. The highest BCUT2D eigenvalue weighted by molar-refractivity contribution is 6.30. The summed E-state index contributed by atoms with van der Waals surface area (Å²) in [5.74, 6) is 0. The molecule has 0 saturated heterocycles. The molecule has 2 aromatic rings. The summed E-state index contributed by atoms with van der Waals surface area (Å²) >= 11 is 5.86. The quantitative estimate of drug-likeness (QED) is 0.820. The Labute approximate surface area is 101 Å². The van der Waals surface area contributed by atoms with Gasteiger partial charge in [-0.2, -0.15) is 0 Å². The Hall–Kier alpha value is -1.47. The first-order valence-electron chi connectivity index (χ1n) is 5.33. The van der Waals surface area contributed by atoms with Crippen molar-refractivity contribution in [2.75, 3.05) is 5.32 Å². The molecule has 0 radical (unpaired) electrons. The zero-order valence-electron chi connectivity index (χ0n) is 9.15. The zero-order valence-corrected chi connectivity index (χ0v) is 9.91. The van der Waals surface area contributed by atoms with Gasteiger partial charge >= 0.3 is 0 Å². The van der Waals surface area contributed by atoms with Crippen molar-refractivity contribution in [1.82, 2.24) is 0 Å². The number of para-hydroxylation sites is 1. The highest BCUT2D eigenvalue weighted by Crippen LogP contribution is 2.20. The second kappa shape index (κ2) is 5.04. The summed E-state index contributed by atoms with van der Waals surface area (Å²) in [5.41, 5.74) is 2.36. The van der Waals surface area contributed by atoms with Crippen LogP contribution in [0.25, 0.3) is 0 Å². The number of nitrogens with one attached hydrogen (secondary N) is 1. The third kappa shape index (κ3) is 2.77. The van der Waals surface area contributed by atoms with Crippen molar-refractivity contribution in [2.24, 2.45) is 0 Å². The van der Waals surface area contributed by atoms with Crippen molar-refractivity contribution in [3.05, 3.63) is 65.2 Å². The lowest BCUT2D eigenvalue weighted by Crippen LogP contribution is -2.05. The average molecular weight is 232 g/mol. The van der Waals surface area contributed by atoms with Crippen LogP contribution in [0.4, 0.5) is 5.69 Å². The van der Waals surface area contributed by atoms with Gasteiger partial charge in [-0.15, -0.1) is 0 Å². The monoisotopic (exact) mass is 231 g/mol. The Bertz CT molecular complexity index is 436. The minimum Gasteiger partial charge on any atom is -0.379 e. The van der Waals surface area contributed by atoms with E-state index >= 15 is 0 Å². The molecular formula is C14H14ClN. The zero-order chi connectivity index (χ0) is 11.4. The molecule has 0 aliphatic rings. The van der Waals surface area contributed by atoms with Crippen molar-refractivity contribution >= 4 is 17.3 Å². The summed E-state index contributed by atoms with van der Waals surface area (Å²) < 4.78 is 0. The number of rotatable bonds is 3. The standard InChI is InChI=1S/C14H14ClN/c1-11(12-7-9-13(15)10-8-12)16-14-5-3-2-4-6-14/h2-11,16H,1H3. The van der Waals surface area contributed by atoms with E-state index in [1.807, 2.05) is 42.5 Å². The Morgan fingerprint density at radius 2 is 1.56 bits per heavy atom. The van der Waals surface area contributed by atoms with Gasteiger partial charge in [0.15, 0.2) is 0 Å². The first kappa shape index (κ1) is 11.0. The van der Waals surface area contributed by atoms with E-state index in [9.17, 15) is 0 Å². The molecule has 0 amide bonds. The molecule has 16 heavy (non-hydrogen) atoms. The molecule has 1 N–H and O–H groups in total. The Balaban J connectivity index is 2.09. The minimum atomic E-state index is 0.277. The van der Waals surface area contributed by atoms with Crippen molar-refractivity contribution in [3.8, 4) is 0 Å². The fraction of sp³-hybridized carbons (Fsp3) is 0.143. The van der Waals surface area contributed by atoms with Gasteiger partial charge in [0.25, 0.3) is 0 Å². The van der Waals surface area contributed by atoms with Crippen LogP contribution >= 0.6 is 11.6 Å². The van der Waals surface area contributed by atoms with Gasteiger partial charge in [0, 0.05) is 16.8 Å². The molecule has 1 nitrogen and oxygen atoms in total. The van der Waals surface area contributed by atoms with Gasteiger partial charge in [-0.3, -0.25) is 0 Å². The topological polar surface area (TPSA) is 12.0 Å². The summed E-state index contributed by atoms with van der Waals surface area (Å²) in [6, 6.07) is 18.4. The van der Waals surface area contributed by atoms with E-state index in [0.717, 1.165) is 10.7 Å². The summed E-state index contributed by atoms with van der Waals surface area (Å²) in [6.07, 6.45) is 0. The van der Waals surface area contributed by atoms with Crippen molar-refractivity contribution < 1.29 is 0 Å². The van der Waals surface area contributed by atoms with Crippen molar-refractivity contribution in [3.63, 3.8) is 0 Å². The molecule has 2 aromatic carbocycles. The van der Waals surface area contributed by atoms with Gasteiger partial charge in [-0.25, -0.2) is 0 Å². The smallest absolute Gasteiger partial charge is 0.0485 e. The maximum atomic E-state index is 5.86. The Morgan fingerprint density at radius 3 is 2.19 bits per heavy atom. The van der Waals surface area contributed by atoms with Crippen LogP contribution in [0.15, 0.2) is 54.6 Å². The molecule has 2 heteroatoms. The van der Waals surface area contributed by atoms with Gasteiger partial charge < -0.3 is 5.32 Å². The second-order valence-electron chi connectivity index (χ2n) is 3.78. The third-order valence-electron chi connectivity index (χ3n) is 2.53. The maximum Gasteiger partial charge on any atom is 0.0485 e. The molecule has 2 rings (SSSR count). The highest BCUT2D eigenvalue weighted by Gasteiger charge is 2.04. The molecule has 0 aliphatic heterocycles. The summed E-state index contributed by atoms with van der Waals surface area (Å²) in [6.45, 7) is 2.14. The third-order valence-corrected chi connectivity index (χ3v) is 2.78. The first-order chi connectivity index (χ1) is 7.75. The van der Waals surface area contributed by atoms with E-state index in [0.29, 0.717) is 0 Å². The lowest BCUT2D eigenvalue weighted by Gasteiger charge is -2.15. The number of anilines is 1. The normalized spacial score (nSPS) is 12.1. The van der Waals surface area contributed by atoms with Gasteiger partial charge in [-0.05, 0) is 36.8 Å². The van der Waals surface area contributed by atoms with Crippen molar-refractivity contribution in [1.29, 1.82) is 0 Å². The van der Waals surface area contributed by atoms with Gasteiger partial charge in [-0.1, -0.05) is 41.9 Å². The average Bonchev–Trinajstić information content (AvgIpc) is 2.31. The van der Waals surface area contributed by atoms with Gasteiger partial charge in [0.05, 0.1) is 0 Å². The van der Waals surface area contributed by atoms with Gasteiger partial charge in [0.2, 0.25) is 0 Å². The molecule has 0 heterocycles. The van der Waals surface area contributed by atoms with E-state index in [1.54, 1.807) is 0 Å². The van der Waals surface area contributed by atoms with Crippen LogP contribution in [0.1, 0.15) is 18.5 Å². The number of hydrogen-bond donors (Lipinski definition) is 1. The van der Waals surface area contributed by atoms with Crippen LogP contribution in [0.5, 0.6) is 0 Å². The number of halogens is 1. The van der Waals surface area contributed by atoms with Crippen LogP contribution in [0, 0.1) is 0 Å². The minimum absolute atomic E-state index is 0.277. The van der Waals surface area contributed by atoms with E-state index < -0.39 is 0 Å². The summed E-state index contributed by atoms with van der Waals surface area (Å²) in [7, 11) is 0. The van der Waals surface area contributed by atoms with E-state index in [2.05, 4.69) is 24.4 Å². The molecule has 82 valence electrons. The lowest BCUT2D eigenvalue weighted by atomic mass is 10.1. The summed E-state index contributed by atoms with van der Waals surface area (Å²) in [5, 5.41) is 4.21. The second-order valence-corrected chi connectivity index (χ2v) is 4.22. The van der Waals surface area contributed by atoms with Gasteiger partial charge in [0.1, 0.15) is 0 Å². The lowest BCUT2D eigenvalue weighted by molar-refractivity contribution is 0.885. The van der Waals surface area contributed by atoms with Crippen LogP contribution in [0.2, 0.25) is 5.02 Å². The molecule has 0 aromatic heterocycles. The highest BCUT2D eigenvalue weighted by atomic mass is 35.5. The Morgan fingerprint density at radius 1 is 0.938 bits per heavy atom. The molecule has 0 bridgehead atoms. The number of benzene rings is 2. The molecular weight excluding hydrogens is 218 g/mol. The van der Waals surface area contributed by atoms with E-state index in [-0.39, 0.29) is 6.04 Å². The summed E-state index contributed by atoms with van der Waals surface area (Å²) in [4.78, 5) is 0. The van der Waals surface area contributed by atoms with E-state index in [1.165, 1.54) is 5.56 Å².